The number of benzene rings is 1. The lowest BCUT2D eigenvalue weighted by Crippen LogP contribution is -2.39. The number of carbonyl (C=O) groups is 1. The second-order valence-corrected chi connectivity index (χ2v) is 4.86. The molecule has 2 unspecified atom stereocenters. The molecule has 1 aromatic heterocycles. The zero-order valence-corrected chi connectivity index (χ0v) is 11.3. The molecule has 0 bridgehead atoms. The van der Waals surface area contributed by atoms with Crippen LogP contribution in [0.15, 0.2) is 36.7 Å². The summed E-state index contributed by atoms with van der Waals surface area (Å²) >= 11 is 0. The summed E-state index contributed by atoms with van der Waals surface area (Å²) in [6.45, 7) is 2.01. The molecule has 1 aliphatic heterocycles. The normalized spacial score (nSPS) is 18.1. The van der Waals surface area contributed by atoms with Crippen LogP contribution >= 0.6 is 0 Å². The van der Waals surface area contributed by atoms with Crippen LogP contribution in [-0.2, 0) is 11.2 Å². The lowest BCUT2D eigenvalue weighted by molar-refractivity contribution is -0.128. The summed E-state index contributed by atoms with van der Waals surface area (Å²) in [6, 6.07) is 7.65. The van der Waals surface area contributed by atoms with Crippen LogP contribution < -0.4 is 10.1 Å². The van der Waals surface area contributed by atoms with E-state index in [9.17, 15) is 4.79 Å². The van der Waals surface area contributed by atoms with Gasteiger partial charge in [-0.15, -0.1) is 0 Å². The average Bonchev–Trinajstić information content (AvgIpc) is 3.13. The number of aromatic nitrogens is 2. The number of fused-ring (bicyclic) bond motifs is 1. The minimum Gasteiger partial charge on any atom is -0.480 e. The number of nitrogens with one attached hydrogen (secondary N) is 2. The van der Waals surface area contributed by atoms with Crippen molar-refractivity contribution in [3.63, 3.8) is 0 Å². The standard InChI is InChI=1S/C15H17N3O2/c1-2-11(14-16-7-8-17-14)18-15(19)13-9-10-5-3-4-6-12(10)20-13/h3-8,11,13H,2,9H2,1H3,(H,16,17)(H,18,19). The van der Waals surface area contributed by atoms with Crippen LogP contribution in [0.4, 0.5) is 0 Å². The fourth-order valence-corrected chi connectivity index (χ4v) is 2.42. The lowest BCUT2D eigenvalue weighted by atomic mass is 10.1. The smallest absolute Gasteiger partial charge is 0.262 e. The van der Waals surface area contributed by atoms with Crippen molar-refractivity contribution in [1.29, 1.82) is 0 Å². The Kier molecular flexibility index (Phi) is 3.41. The maximum Gasteiger partial charge on any atom is 0.262 e. The van der Waals surface area contributed by atoms with Crippen molar-refractivity contribution in [2.75, 3.05) is 0 Å². The summed E-state index contributed by atoms with van der Waals surface area (Å²) in [6.07, 6.45) is 4.39. The minimum atomic E-state index is -0.448. The second-order valence-electron chi connectivity index (χ2n) is 4.86. The predicted molar refractivity (Wildman–Crippen MR) is 74.3 cm³/mol. The molecule has 3 rings (SSSR count). The third kappa shape index (κ3) is 2.39. The molecule has 0 saturated carbocycles. The van der Waals surface area contributed by atoms with E-state index in [1.54, 1.807) is 12.4 Å². The van der Waals surface area contributed by atoms with Gasteiger partial charge in [-0.2, -0.15) is 0 Å². The van der Waals surface area contributed by atoms with Crippen molar-refractivity contribution >= 4 is 5.91 Å². The summed E-state index contributed by atoms with van der Waals surface area (Å²) in [5, 5.41) is 2.99. The lowest BCUT2D eigenvalue weighted by Gasteiger charge is -2.17. The Morgan fingerprint density at radius 1 is 1.55 bits per heavy atom. The molecule has 0 fully saturated rings. The number of carbonyl (C=O) groups excluding carboxylic acids is 1. The first-order valence-corrected chi connectivity index (χ1v) is 6.82. The quantitative estimate of drug-likeness (QED) is 0.893. The number of ether oxygens (including phenoxy) is 1. The SMILES string of the molecule is CCC(NC(=O)C1Cc2ccccc2O1)c1ncc[nH]1. The Hall–Kier alpha value is -2.30. The van der Waals surface area contributed by atoms with Crippen molar-refractivity contribution < 1.29 is 9.53 Å². The van der Waals surface area contributed by atoms with Gasteiger partial charge in [0, 0.05) is 18.8 Å². The number of nitrogens with zero attached hydrogens (tertiary/aromatic N) is 1. The molecule has 2 heterocycles. The first kappa shape index (κ1) is 12.7. The third-order valence-corrected chi connectivity index (χ3v) is 3.51. The van der Waals surface area contributed by atoms with Gasteiger partial charge in [-0.25, -0.2) is 4.98 Å². The molecule has 104 valence electrons. The van der Waals surface area contributed by atoms with Crippen molar-refractivity contribution in [1.82, 2.24) is 15.3 Å². The summed E-state index contributed by atoms with van der Waals surface area (Å²) in [4.78, 5) is 19.5. The molecule has 2 aromatic rings. The van der Waals surface area contributed by atoms with Gasteiger partial charge in [-0.3, -0.25) is 4.79 Å². The average molecular weight is 271 g/mol. The first-order chi connectivity index (χ1) is 9.78. The molecule has 1 aliphatic rings. The molecule has 0 spiro atoms. The van der Waals surface area contributed by atoms with Crippen LogP contribution in [-0.4, -0.2) is 22.0 Å². The summed E-state index contributed by atoms with van der Waals surface area (Å²) in [5.74, 6) is 1.49. The number of amides is 1. The number of rotatable bonds is 4. The maximum atomic E-state index is 12.3. The maximum absolute atomic E-state index is 12.3. The van der Waals surface area contributed by atoms with E-state index in [-0.39, 0.29) is 11.9 Å². The number of hydrogen-bond donors (Lipinski definition) is 2. The predicted octanol–water partition coefficient (Wildman–Crippen LogP) is 1.98. The summed E-state index contributed by atoms with van der Waals surface area (Å²) < 4.78 is 5.69. The molecule has 2 N–H and O–H groups in total. The van der Waals surface area contributed by atoms with E-state index >= 15 is 0 Å². The van der Waals surface area contributed by atoms with Gasteiger partial charge < -0.3 is 15.0 Å². The van der Waals surface area contributed by atoms with Crippen LogP contribution in [0, 0.1) is 0 Å². The Bertz CT molecular complexity index is 570. The highest BCUT2D eigenvalue weighted by Crippen LogP contribution is 2.28. The zero-order chi connectivity index (χ0) is 13.9. The van der Waals surface area contributed by atoms with Crippen molar-refractivity contribution in [2.24, 2.45) is 0 Å². The zero-order valence-electron chi connectivity index (χ0n) is 11.3. The van der Waals surface area contributed by atoms with Crippen LogP contribution in [0.2, 0.25) is 0 Å². The van der Waals surface area contributed by atoms with Crippen LogP contribution in [0.5, 0.6) is 5.75 Å². The fraction of sp³-hybridized carbons (Fsp3) is 0.333. The number of aromatic amines is 1. The van der Waals surface area contributed by atoms with Gasteiger partial charge in [0.15, 0.2) is 6.10 Å². The third-order valence-electron chi connectivity index (χ3n) is 3.51. The van der Waals surface area contributed by atoms with Gasteiger partial charge in [0.25, 0.3) is 5.91 Å². The number of imidazole rings is 1. The number of H-pyrrole nitrogens is 1. The monoisotopic (exact) mass is 271 g/mol. The molecule has 0 radical (unpaired) electrons. The first-order valence-electron chi connectivity index (χ1n) is 6.82. The largest absolute Gasteiger partial charge is 0.480 e. The Morgan fingerprint density at radius 2 is 2.40 bits per heavy atom. The van der Waals surface area contributed by atoms with E-state index in [4.69, 9.17) is 4.74 Å². The van der Waals surface area contributed by atoms with Crippen molar-refractivity contribution in [2.45, 2.75) is 31.9 Å². The molecule has 0 aliphatic carbocycles. The van der Waals surface area contributed by atoms with Gasteiger partial charge in [0.1, 0.15) is 11.6 Å². The Labute approximate surface area is 117 Å². The Morgan fingerprint density at radius 3 is 3.10 bits per heavy atom. The van der Waals surface area contributed by atoms with E-state index in [0.29, 0.717) is 6.42 Å². The van der Waals surface area contributed by atoms with Gasteiger partial charge in [0.05, 0.1) is 6.04 Å². The molecular formula is C15H17N3O2. The number of para-hydroxylation sites is 1. The molecule has 1 aromatic carbocycles. The molecule has 5 nitrogen and oxygen atoms in total. The van der Waals surface area contributed by atoms with E-state index in [2.05, 4.69) is 15.3 Å². The van der Waals surface area contributed by atoms with Crippen LogP contribution in [0.1, 0.15) is 30.8 Å². The second kappa shape index (κ2) is 5.36. The minimum absolute atomic E-state index is 0.0931. The van der Waals surface area contributed by atoms with E-state index in [1.807, 2.05) is 31.2 Å². The molecule has 20 heavy (non-hydrogen) atoms. The highest BCUT2D eigenvalue weighted by Gasteiger charge is 2.30. The van der Waals surface area contributed by atoms with Crippen LogP contribution in [0.3, 0.4) is 0 Å². The van der Waals surface area contributed by atoms with Crippen LogP contribution in [0.25, 0.3) is 0 Å². The van der Waals surface area contributed by atoms with Crippen molar-refractivity contribution in [3.05, 3.63) is 48.0 Å². The van der Waals surface area contributed by atoms with Crippen molar-refractivity contribution in [3.8, 4) is 5.75 Å². The Balaban J connectivity index is 1.66. The molecule has 5 heteroatoms. The van der Waals surface area contributed by atoms with E-state index in [1.165, 1.54) is 0 Å². The molecule has 0 saturated heterocycles. The highest BCUT2D eigenvalue weighted by molar-refractivity contribution is 5.82. The van der Waals surface area contributed by atoms with E-state index in [0.717, 1.165) is 23.6 Å². The van der Waals surface area contributed by atoms with Gasteiger partial charge in [0.2, 0.25) is 0 Å². The molecular weight excluding hydrogens is 254 g/mol. The topological polar surface area (TPSA) is 67.0 Å². The highest BCUT2D eigenvalue weighted by atomic mass is 16.5. The fourth-order valence-electron chi connectivity index (χ4n) is 2.42. The summed E-state index contributed by atoms with van der Waals surface area (Å²) in [7, 11) is 0. The number of hydrogen-bond acceptors (Lipinski definition) is 3. The summed E-state index contributed by atoms with van der Waals surface area (Å²) in [5.41, 5.74) is 1.08. The van der Waals surface area contributed by atoms with Gasteiger partial charge in [-0.05, 0) is 18.1 Å². The van der Waals surface area contributed by atoms with Gasteiger partial charge in [-0.1, -0.05) is 25.1 Å². The molecule has 2 atom stereocenters. The van der Waals surface area contributed by atoms with E-state index < -0.39 is 6.10 Å². The van der Waals surface area contributed by atoms with Gasteiger partial charge >= 0.3 is 0 Å². The molecule has 1 amide bonds.